The first-order valence-electron chi connectivity index (χ1n) is 7.20. The standard InChI is InChI=1S/C15H22N4O2/c1-4-8(2)13(16)14(20)17-9(3)10-5-6-11-12(7-10)19-15(21)18-11/h5-9,13H,4,16H2,1-3H3,(H,17,20)(H2,18,19,21)/t8?,9?,13-/m0/s1. The smallest absolute Gasteiger partial charge is 0.323 e. The number of nitrogens with one attached hydrogen (secondary N) is 3. The summed E-state index contributed by atoms with van der Waals surface area (Å²) >= 11 is 0. The molecule has 21 heavy (non-hydrogen) atoms. The van der Waals surface area contributed by atoms with E-state index in [1.807, 2.05) is 39.0 Å². The minimum Gasteiger partial charge on any atom is -0.348 e. The summed E-state index contributed by atoms with van der Waals surface area (Å²) in [6, 6.07) is 4.88. The molecule has 1 aromatic carbocycles. The number of carbonyl (C=O) groups excluding carboxylic acids is 1. The molecule has 0 radical (unpaired) electrons. The van der Waals surface area contributed by atoms with Gasteiger partial charge in [0.05, 0.1) is 23.1 Å². The highest BCUT2D eigenvalue weighted by atomic mass is 16.2. The predicted octanol–water partition coefficient (Wildman–Crippen LogP) is 1.41. The van der Waals surface area contributed by atoms with Crippen LogP contribution in [0.3, 0.4) is 0 Å². The van der Waals surface area contributed by atoms with E-state index in [-0.39, 0.29) is 23.6 Å². The maximum Gasteiger partial charge on any atom is 0.323 e. The molecule has 114 valence electrons. The maximum atomic E-state index is 12.1. The quantitative estimate of drug-likeness (QED) is 0.669. The van der Waals surface area contributed by atoms with Crippen molar-refractivity contribution in [1.82, 2.24) is 15.3 Å². The molecule has 0 saturated carbocycles. The second kappa shape index (κ2) is 6.13. The zero-order valence-corrected chi connectivity index (χ0v) is 12.6. The van der Waals surface area contributed by atoms with E-state index in [1.165, 1.54) is 0 Å². The van der Waals surface area contributed by atoms with Crippen LogP contribution in [0.2, 0.25) is 0 Å². The molecule has 1 aromatic heterocycles. The maximum absolute atomic E-state index is 12.1. The van der Waals surface area contributed by atoms with Gasteiger partial charge in [-0.15, -0.1) is 0 Å². The first-order valence-corrected chi connectivity index (χ1v) is 7.20. The van der Waals surface area contributed by atoms with Gasteiger partial charge in [-0.1, -0.05) is 26.3 Å². The number of fused-ring (bicyclic) bond motifs is 1. The summed E-state index contributed by atoms with van der Waals surface area (Å²) in [4.78, 5) is 28.7. The summed E-state index contributed by atoms with van der Waals surface area (Å²) in [5, 5.41) is 2.92. The van der Waals surface area contributed by atoms with E-state index in [1.54, 1.807) is 0 Å². The lowest BCUT2D eigenvalue weighted by Crippen LogP contribution is -2.45. The van der Waals surface area contributed by atoms with Crippen LogP contribution >= 0.6 is 0 Å². The van der Waals surface area contributed by atoms with E-state index in [0.717, 1.165) is 23.0 Å². The van der Waals surface area contributed by atoms with Crippen molar-refractivity contribution < 1.29 is 4.79 Å². The van der Waals surface area contributed by atoms with Gasteiger partial charge >= 0.3 is 5.69 Å². The van der Waals surface area contributed by atoms with Gasteiger partial charge in [-0.3, -0.25) is 4.79 Å². The summed E-state index contributed by atoms with van der Waals surface area (Å²) in [5.74, 6) is -0.0137. The fraction of sp³-hybridized carbons (Fsp3) is 0.467. The van der Waals surface area contributed by atoms with Gasteiger partial charge in [0, 0.05) is 0 Å². The molecule has 6 heteroatoms. The molecule has 0 aliphatic rings. The molecule has 6 nitrogen and oxygen atoms in total. The lowest BCUT2D eigenvalue weighted by molar-refractivity contribution is -0.124. The number of benzene rings is 1. The number of carbonyl (C=O) groups is 1. The van der Waals surface area contributed by atoms with Gasteiger partial charge in [0.1, 0.15) is 0 Å². The van der Waals surface area contributed by atoms with E-state index in [9.17, 15) is 9.59 Å². The molecule has 0 spiro atoms. The van der Waals surface area contributed by atoms with Crippen molar-refractivity contribution in [2.75, 3.05) is 0 Å². The zero-order valence-electron chi connectivity index (χ0n) is 12.6. The summed E-state index contributed by atoms with van der Waals surface area (Å²) in [6.45, 7) is 5.87. The summed E-state index contributed by atoms with van der Waals surface area (Å²) < 4.78 is 0. The summed E-state index contributed by atoms with van der Waals surface area (Å²) in [6.07, 6.45) is 0.861. The topological polar surface area (TPSA) is 104 Å². The Morgan fingerprint density at radius 2 is 1.95 bits per heavy atom. The molecule has 5 N–H and O–H groups in total. The lowest BCUT2D eigenvalue weighted by atomic mass is 9.98. The van der Waals surface area contributed by atoms with Crippen molar-refractivity contribution in [1.29, 1.82) is 0 Å². The largest absolute Gasteiger partial charge is 0.348 e. The molecule has 3 atom stereocenters. The molecule has 2 aromatic rings. The molecule has 0 saturated heterocycles. The van der Waals surface area contributed by atoms with E-state index in [4.69, 9.17) is 5.73 Å². The van der Waals surface area contributed by atoms with Crippen molar-refractivity contribution in [3.05, 3.63) is 34.2 Å². The summed E-state index contributed by atoms with van der Waals surface area (Å²) in [5.41, 5.74) is 8.08. The van der Waals surface area contributed by atoms with Gasteiger partial charge in [-0.2, -0.15) is 0 Å². The number of rotatable bonds is 5. The summed E-state index contributed by atoms with van der Waals surface area (Å²) in [7, 11) is 0. The Kier molecular flexibility index (Phi) is 4.47. The molecule has 0 bridgehead atoms. The normalized spacial score (nSPS) is 15.6. The first kappa shape index (κ1) is 15.3. The van der Waals surface area contributed by atoms with Gasteiger partial charge in [0.2, 0.25) is 5.91 Å². The molecular formula is C15H22N4O2. The molecule has 0 aliphatic heterocycles. The van der Waals surface area contributed by atoms with Crippen LogP contribution in [0, 0.1) is 5.92 Å². The van der Waals surface area contributed by atoms with E-state index < -0.39 is 6.04 Å². The molecule has 1 amide bonds. The van der Waals surface area contributed by atoms with Crippen LogP contribution in [0.4, 0.5) is 0 Å². The number of amides is 1. The first-order chi connectivity index (χ1) is 9.92. The van der Waals surface area contributed by atoms with Gasteiger partial charge in [0.15, 0.2) is 0 Å². The van der Waals surface area contributed by atoms with Crippen molar-refractivity contribution >= 4 is 16.9 Å². The number of H-pyrrole nitrogens is 2. The molecule has 1 heterocycles. The number of imidazole rings is 1. The Bertz CT molecular complexity index is 688. The van der Waals surface area contributed by atoms with E-state index in [2.05, 4.69) is 15.3 Å². The van der Waals surface area contributed by atoms with Crippen molar-refractivity contribution in [2.45, 2.75) is 39.3 Å². The fourth-order valence-corrected chi connectivity index (χ4v) is 2.22. The van der Waals surface area contributed by atoms with Crippen molar-refractivity contribution in [2.24, 2.45) is 11.7 Å². The Morgan fingerprint density at radius 1 is 1.29 bits per heavy atom. The van der Waals surface area contributed by atoms with Crippen molar-refractivity contribution in [3.8, 4) is 0 Å². The molecule has 2 unspecified atom stereocenters. The average molecular weight is 290 g/mol. The Labute approximate surface area is 123 Å². The van der Waals surface area contributed by atoms with Crippen molar-refractivity contribution in [3.63, 3.8) is 0 Å². The predicted molar refractivity (Wildman–Crippen MR) is 82.9 cm³/mol. The van der Waals surface area contributed by atoms with Crippen LogP contribution < -0.4 is 16.7 Å². The SMILES string of the molecule is CCC(C)[C@H](N)C(=O)NC(C)c1ccc2[nH]c(=O)[nH]c2c1. The Balaban J connectivity index is 2.12. The molecule has 0 fully saturated rings. The van der Waals surface area contributed by atoms with Crippen LogP contribution in [-0.2, 0) is 4.79 Å². The molecular weight excluding hydrogens is 268 g/mol. The van der Waals surface area contributed by atoms with Gasteiger partial charge in [0.25, 0.3) is 0 Å². The van der Waals surface area contributed by atoms with Crippen LogP contribution in [0.25, 0.3) is 11.0 Å². The second-order valence-corrected chi connectivity index (χ2v) is 5.53. The number of nitrogens with two attached hydrogens (primary N) is 1. The highest BCUT2D eigenvalue weighted by Crippen LogP contribution is 2.17. The highest BCUT2D eigenvalue weighted by Gasteiger charge is 2.21. The Hall–Kier alpha value is -2.08. The van der Waals surface area contributed by atoms with Crippen LogP contribution in [0.15, 0.2) is 23.0 Å². The number of hydrogen-bond donors (Lipinski definition) is 4. The van der Waals surface area contributed by atoms with Crippen LogP contribution in [0.5, 0.6) is 0 Å². The molecule has 2 rings (SSSR count). The number of aromatic nitrogens is 2. The van der Waals surface area contributed by atoms with Crippen LogP contribution in [-0.4, -0.2) is 21.9 Å². The minimum atomic E-state index is -0.506. The molecule has 0 aliphatic carbocycles. The van der Waals surface area contributed by atoms with Gasteiger partial charge < -0.3 is 21.0 Å². The lowest BCUT2D eigenvalue weighted by Gasteiger charge is -2.21. The van der Waals surface area contributed by atoms with Crippen LogP contribution in [0.1, 0.15) is 38.8 Å². The zero-order chi connectivity index (χ0) is 15.6. The number of hydrogen-bond acceptors (Lipinski definition) is 3. The second-order valence-electron chi connectivity index (χ2n) is 5.53. The van der Waals surface area contributed by atoms with Gasteiger partial charge in [-0.25, -0.2) is 4.79 Å². The third-order valence-electron chi connectivity index (χ3n) is 3.96. The third kappa shape index (κ3) is 3.33. The Morgan fingerprint density at radius 3 is 2.62 bits per heavy atom. The van der Waals surface area contributed by atoms with E-state index >= 15 is 0 Å². The van der Waals surface area contributed by atoms with E-state index in [0.29, 0.717) is 0 Å². The fourth-order valence-electron chi connectivity index (χ4n) is 2.22. The number of aromatic amines is 2. The van der Waals surface area contributed by atoms with Gasteiger partial charge in [-0.05, 0) is 30.5 Å². The third-order valence-corrected chi connectivity index (χ3v) is 3.96. The highest BCUT2D eigenvalue weighted by molar-refractivity contribution is 5.82. The monoisotopic (exact) mass is 290 g/mol. The minimum absolute atomic E-state index is 0.140. The average Bonchev–Trinajstić information content (AvgIpc) is 2.84.